The number of anilines is 2. The smallest absolute Gasteiger partial charge is 0.227 e. The zero-order valence-electron chi connectivity index (χ0n) is 14.7. The van der Waals surface area contributed by atoms with Gasteiger partial charge in [0.2, 0.25) is 11.8 Å². The van der Waals surface area contributed by atoms with Crippen molar-refractivity contribution in [2.24, 2.45) is 0 Å². The van der Waals surface area contributed by atoms with Crippen molar-refractivity contribution in [3.8, 4) is 0 Å². The number of amides is 2. The molecule has 134 valence electrons. The molecule has 1 N–H and O–H groups in total. The fourth-order valence-electron chi connectivity index (χ4n) is 3.73. The number of hydrogen-bond acceptors (Lipinski definition) is 3. The first-order chi connectivity index (χ1) is 12.7. The van der Waals surface area contributed by atoms with Crippen LogP contribution in [0.3, 0.4) is 0 Å². The van der Waals surface area contributed by atoms with E-state index in [0.717, 1.165) is 42.9 Å². The number of aryl methyl sites for hydroxylation is 2. The minimum Gasteiger partial charge on any atom is -0.326 e. The molecule has 0 unspecified atom stereocenters. The lowest BCUT2D eigenvalue weighted by Crippen LogP contribution is -2.39. The number of nitrogens with zero attached hydrogens (tertiary/aromatic N) is 1. The van der Waals surface area contributed by atoms with Crippen LogP contribution in [-0.4, -0.2) is 24.1 Å². The van der Waals surface area contributed by atoms with Gasteiger partial charge >= 0.3 is 0 Å². The van der Waals surface area contributed by atoms with E-state index in [4.69, 9.17) is 0 Å². The molecular weight excluding hydrogens is 344 g/mol. The van der Waals surface area contributed by atoms with Crippen LogP contribution in [0.15, 0.2) is 47.4 Å². The lowest BCUT2D eigenvalue weighted by molar-refractivity contribution is -0.119. The van der Waals surface area contributed by atoms with Crippen LogP contribution in [0.2, 0.25) is 0 Å². The molecule has 0 spiro atoms. The number of benzene rings is 2. The Morgan fingerprint density at radius 2 is 1.85 bits per heavy atom. The molecule has 2 aliphatic rings. The van der Waals surface area contributed by atoms with E-state index < -0.39 is 0 Å². The van der Waals surface area contributed by atoms with Crippen molar-refractivity contribution in [2.75, 3.05) is 22.5 Å². The molecule has 0 bridgehead atoms. The standard InChI is InChI=1S/C21H22N2O2S/c24-19(10-12-26-18-6-2-1-3-7-18)22-17-13-15-5-4-11-23-20(25)9-8-16(14-17)21(15)23/h1-3,6-7,13-14H,4-5,8-12H2,(H,22,24). The van der Waals surface area contributed by atoms with E-state index in [0.29, 0.717) is 12.8 Å². The van der Waals surface area contributed by atoms with E-state index in [1.165, 1.54) is 16.0 Å². The van der Waals surface area contributed by atoms with Crippen LogP contribution >= 0.6 is 11.8 Å². The third kappa shape index (κ3) is 3.63. The van der Waals surface area contributed by atoms with Gasteiger partial charge in [0.25, 0.3) is 0 Å². The van der Waals surface area contributed by atoms with Gasteiger partial charge in [-0.2, -0.15) is 0 Å². The molecule has 0 fully saturated rings. The van der Waals surface area contributed by atoms with Crippen LogP contribution in [0, 0.1) is 0 Å². The number of thioether (sulfide) groups is 1. The summed E-state index contributed by atoms with van der Waals surface area (Å²) in [6.07, 6.45) is 3.78. The van der Waals surface area contributed by atoms with Gasteiger partial charge in [0.1, 0.15) is 0 Å². The van der Waals surface area contributed by atoms with E-state index in [2.05, 4.69) is 17.4 Å². The number of hydrogen-bond donors (Lipinski definition) is 1. The molecule has 0 aliphatic carbocycles. The van der Waals surface area contributed by atoms with Gasteiger partial charge in [0, 0.05) is 35.7 Å². The van der Waals surface area contributed by atoms with Crippen molar-refractivity contribution in [2.45, 2.75) is 37.0 Å². The summed E-state index contributed by atoms with van der Waals surface area (Å²) in [7, 11) is 0. The van der Waals surface area contributed by atoms with Crippen molar-refractivity contribution in [1.29, 1.82) is 0 Å². The summed E-state index contributed by atoms with van der Waals surface area (Å²) in [5.74, 6) is 1.03. The minimum absolute atomic E-state index is 0.0418. The minimum atomic E-state index is 0.0418. The normalized spacial score (nSPS) is 15.5. The Balaban J connectivity index is 1.41. The molecule has 2 aliphatic heterocycles. The monoisotopic (exact) mass is 366 g/mol. The second kappa shape index (κ2) is 7.54. The van der Waals surface area contributed by atoms with Crippen LogP contribution in [0.25, 0.3) is 0 Å². The van der Waals surface area contributed by atoms with Crippen molar-refractivity contribution in [3.05, 3.63) is 53.6 Å². The summed E-state index contributed by atoms with van der Waals surface area (Å²) in [4.78, 5) is 27.6. The molecule has 4 nitrogen and oxygen atoms in total. The number of carbonyl (C=O) groups excluding carboxylic acids is 2. The molecule has 4 rings (SSSR count). The molecular formula is C21H22N2O2S. The van der Waals surface area contributed by atoms with Crippen LogP contribution in [0.1, 0.15) is 30.4 Å². The first-order valence-electron chi connectivity index (χ1n) is 9.14. The lowest BCUT2D eigenvalue weighted by atomic mass is 9.91. The van der Waals surface area contributed by atoms with Gasteiger partial charge in [-0.05, 0) is 54.7 Å². The van der Waals surface area contributed by atoms with Gasteiger partial charge < -0.3 is 10.2 Å². The third-order valence-corrected chi connectivity index (χ3v) is 5.91. The Morgan fingerprint density at radius 1 is 1.08 bits per heavy atom. The summed E-state index contributed by atoms with van der Waals surface area (Å²) in [6.45, 7) is 0.821. The second-order valence-corrected chi connectivity index (χ2v) is 7.92. The van der Waals surface area contributed by atoms with Crippen LogP contribution in [-0.2, 0) is 22.4 Å². The Hall–Kier alpha value is -2.27. The van der Waals surface area contributed by atoms with Gasteiger partial charge in [-0.1, -0.05) is 18.2 Å². The van der Waals surface area contributed by atoms with Crippen molar-refractivity contribution in [3.63, 3.8) is 0 Å². The van der Waals surface area contributed by atoms with E-state index in [9.17, 15) is 9.59 Å². The van der Waals surface area contributed by atoms with Gasteiger partial charge in [0.15, 0.2) is 0 Å². The lowest BCUT2D eigenvalue weighted by Gasteiger charge is -2.35. The Labute approximate surface area is 158 Å². The summed E-state index contributed by atoms with van der Waals surface area (Å²) in [6, 6.07) is 14.2. The van der Waals surface area contributed by atoms with E-state index in [1.54, 1.807) is 11.8 Å². The van der Waals surface area contributed by atoms with Crippen LogP contribution < -0.4 is 10.2 Å². The quantitative estimate of drug-likeness (QED) is 0.813. The van der Waals surface area contributed by atoms with Gasteiger partial charge in [-0.3, -0.25) is 9.59 Å². The van der Waals surface area contributed by atoms with Crippen molar-refractivity contribution in [1.82, 2.24) is 0 Å². The summed E-state index contributed by atoms with van der Waals surface area (Å²) in [5, 5.41) is 3.05. The molecule has 2 aromatic rings. The van der Waals surface area contributed by atoms with Gasteiger partial charge in [-0.15, -0.1) is 11.8 Å². The topological polar surface area (TPSA) is 49.4 Å². The molecule has 2 amide bonds. The maximum Gasteiger partial charge on any atom is 0.227 e. The molecule has 2 heterocycles. The second-order valence-electron chi connectivity index (χ2n) is 6.75. The largest absolute Gasteiger partial charge is 0.326 e. The van der Waals surface area contributed by atoms with E-state index >= 15 is 0 Å². The van der Waals surface area contributed by atoms with E-state index in [-0.39, 0.29) is 11.8 Å². The van der Waals surface area contributed by atoms with Crippen molar-refractivity contribution >= 4 is 35.0 Å². The average Bonchev–Trinajstić information content (AvgIpc) is 2.65. The third-order valence-electron chi connectivity index (χ3n) is 4.90. The predicted octanol–water partition coefficient (Wildman–Crippen LogP) is 4.03. The van der Waals surface area contributed by atoms with Crippen LogP contribution in [0.4, 0.5) is 11.4 Å². The summed E-state index contributed by atoms with van der Waals surface area (Å²) >= 11 is 1.69. The fourth-order valence-corrected chi connectivity index (χ4v) is 4.60. The highest BCUT2D eigenvalue weighted by Crippen LogP contribution is 2.37. The first-order valence-corrected chi connectivity index (χ1v) is 10.1. The van der Waals surface area contributed by atoms with E-state index in [1.807, 2.05) is 35.2 Å². The molecule has 5 heteroatoms. The Morgan fingerprint density at radius 3 is 2.65 bits per heavy atom. The molecule has 0 saturated carbocycles. The average molecular weight is 366 g/mol. The Bertz CT molecular complexity index is 818. The zero-order valence-corrected chi connectivity index (χ0v) is 15.5. The number of nitrogens with one attached hydrogen (secondary N) is 1. The fraction of sp³-hybridized carbons (Fsp3) is 0.333. The zero-order chi connectivity index (χ0) is 17.9. The van der Waals surface area contributed by atoms with Crippen LogP contribution in [0.5, 0.6) is 0 Å². The predicted molar refractivity (Wildman–Crippen MR) is 106 cm³/mol. The molecule has 26 heavy (non-hydrogen) atoms. The Kier molecular flexibility index (Phi) is 4.98. The summed E-state index contributed by atoms with van der Waals surface area (Å²) < 4.78 is 0. The molecule has 0 saturated heterocycles. The highest BCUT2D eigenvalue weighted by molar-refractivity contribution is 7.99. The molecule has 0 radical (unpaired) electrons. The molecule has 2 aromatic carbocycles. The van der Waals surface area contributed by atoms with Gasteiger partial charge in [0.05, 0.1) is 5.69 Å². The first kappa shape index (κ1) is 17.2. The molecule has 0 aromatic heterocycles. The number of rotatable bonds is 5. The maximum absolute atomic E-state index is 12.3. The molecule has 0 atom stereocenters. The summed E-state index contributed by atoms with van der Waals surface area (Å²) in [5.41, 5.74) is 4.35. The highest BCUT2D eigenvalue weighted by atomic mass is 32.2. The highest BCUT2D eigenvalue weighted by Gasteiger charge is 2.29. The number of carbonyl (C=O) groups is 2. The maximum atomic E-state index is 12.3. The van der Waals surface area contributed by atoms with Crippen molar-refractivity contribution < 1.29 is 9.59 Å². The SMILES string of the molecule is O=C(CCSc1ccccc1)Nc1cc2c3c(c1)CCC(=O)N3CCC2. The van der Waals surface area contributed by atoms with Gasteiger partial charge in [-0.25, -0.2) is 0 Å².